The number of carbonyl (C=O) groups is 4. The van der Waals surface area contributed by atoms with Gasteiger partial charge in [-0.1, -0.05) is 60.7 Å². The Balaban J connectivity index is 1.34. The van der Waals surface area contributed by atoms with Crippen molar-refractivity contribution >= 4 is 34.7 Å². The van der Waals surface area contributed by atoms with E-state index in [0.717, 1.165) is 28.9 Å². The number of nitrogens with zero attached hydrogens (tertiary/aromatic N) is 2. The number of alkyl carbamates (subject to hydrolysis) is 1. The van der Waals surface area contributed by atoms with Gasteiger partial charge in [0.05, 0.1) is 22.7 Å². The van der Waals surface area contributed by atoms with E-state index in [1.54, 1.807) is 31.7 Å². The van der Waals surface area contributed by atoms with Crippen LogP contribution in [0, 0.1) is 0 Å². The van der Waals surface area contributed by atoms with Gasteiger partial charge < -0.3 is 24.4 Å². The highest BCUT2D eigenvalue weighted by molar-refractivity contribution is 7.86. The molecule has 11 nitrogen and oxygen atoms in total. The van der Waals surface area contributed by atoms with E-state index in [0.29, 0.717) is 31.7 Å². The number of fused-ring (bicyclic) bond motifs is 1. The van der Waals surface area contributed by atoms with Crippen molar-refractivity contribution in [1.29, 1.82) is 0 Å². The van der Waals surface area contributed by atoms with Crippen LogP contribution in [0.1, 0.15) is 57.3 Å². The number of rotatable bonds is 8. The summed E-state index contributed by atoms with van der Waals surface area (Å²) < 4.78 is 30.9. The van der Waals surface area contributed by atoms with E-state index in [1.165, 1.54) is 0 Å². The number of amides is 3. The Bertz CT molecular complexity index is 1590. The van der Waals surface area contributed by atoms with Crippen LogP contribution >= 0.6 is 0 Å². The highest BCUT2D eigenvalue weighted by atomic mass is 32.2. The summed E-state index contributed by atoms with van der Waals surface area (Å²) in [7, 11) is -1.71. The van der Waals surface area contributed by atoms with Crippen LogP contribution in [0.3, 0.4) is 0 Å². The molecule has 4 atom stereocenters. The molecule has 0 saturated carbocycles. The molecule has 4 unspecified atom stereocenters. The van der Waals surface area contributed by atoms with Crippen molar-refractivity contribution in [1.82, 2.24) is 15.1 Å². The molecule has 3 fully saturated rings. The Morgan fingerprint density at radius 1 is 1.06 bits per heavy atom. The fourth-order valence-corrected chi connectivity index (χ4v) is 7.94. The average Bonchev–Trinajstić information content (AvgIpc) is 3.68. The van der Waals surface area contributed by atoms with Crippen molar-refractivity contribution in [2.24, 2.45) is 0 Å². The molecule has 2 aromatic rings. The van der Waals surface area contributed by atoms with Gasteiger partial charge in [0.2, 0.25) is 5.91 Å². The number of ether oxygens (including phenoxy) is 3. The summed E-state index contributed by atoms with van der Waals surface area (Å²) in [6, 6.07) is 17.3. The molecular formula is C35H39N3O8S. The normalized spacial score (nSPS) is 25.2. The van der Waals surface area contributed by atoms with Gasteiger partial charge in [-0.3, -0.25) is 18.7 Å². The Morgan fingerprint density at radius 2 is 1.72 bits per heavy atom. The zero-order valence-corrected chi connectivity index (χ0v) is 27.5. The van der Waals surface area contributed by atoms with Crippen molar-refractivity contribution in [3.63, 3.8) is 0 Å². The molecule has 12 heteroatoms. The van der Waals surface area contributed by atoms with Crippen LogP contribution in [-0.2, 0) is 39.4 Å². The van der Waals surface area contributed by atoms with Crippen molar-refractivity contribution in [2.45, 2.75) is 69.3 Å². The van der Waals surface area contributed by atoms with Gasteiger partial charge in [-0.25, -0.2) is 9.59 Å². The monoisotopic (exact) mass is 661 g/mol. The van der Waals surface area contributed by atoms with Crippen LogP contribution in [0.4, 0.5) is 4.79 Å². The summed E-state index contributed by atoms with van der Waals surface area (Å²) in [4.78, 5) is 56.8. The third kappa shape index (κ3) is 7.03. The topological polar surface area (TPSA) is 132 Å². The van der Waals surface area contributed by atoms with E-state index in [9.17, 15) is 23.4 Å². The third-order valence-corrected chi connectivity index (χ3v) is 10.1. The Morgan fingerprint density at radius 3 is 2.32 bits per heavy atom. The van der Waals surface area contributed by atoms with Gasteiger partial charge in [-0.2, -0.15) is 0 Å². The Hall–Kier alpha value is -4.29. The van der Waals surface area contributed by atoms with Gasteiger partial charge in [0.15, 0.2) is 6.10 Å². The fourth-order valence-electron chi connectivity index (χ4n) is 6.31. The number of allylic oxidation sites excluding steroid dienone is 1. The molecular weight excluding hydrogens is 622 g/mol. The quantitative estimate of drug-likeness (QED) is 0.257. The molecule has 0 bridgehead atoms. The van der Waals surface area contributed by atoms with E-state index in [-0.39, 0.29) is 29.0 Å². The minimum atomic E-state index is -1.71. The lowest BCUT2D eigenvalue weighted by Crippen LogP contribution is -2.73. The molecule has 2 aromatic carbocycles. The summed E-state index contributed by atoms with van der Waals surface area (Å²) in [6.45, 7) is 6.74. The first-order valence-corrected chi connectivity index (χ1v) is 17.2. The number of carbonyl (C=O) groups excluding carboxylic acids is 4. The second kappa shape index (κ2) is 13.4. The maximum absolute atomic E-state index is 14.2. The molecule has 3 amide bonds. The molecule has 3 saturated heterocycles. The average molecular weight is 662 g/mol. The van der Waals surface area contributed by atoms with Crippen LogP contribution in [0.5, 0.6) is 0 Å². The van der Waals surface area contributed by atoms with E-state index < -0.39 is 51.9 Å². The Labute approximate surface area is 276 Å². The fraction of sp³-hybridized carbons (Fsp3) is 0.429. The maximum atomic E-state index is 14.2. The lowest BCUT2D eigenvalue weighted by Gasteiger charge is -2.49. The zero-order valence-electron chi connectivity index (χ0n) is 26.7. The first-order valence-electron chi connectivity index (χ1n) is 15.9. The molecule has 248 valence electrons. The van der Waals surface area contributed by atoms with Crippen molar-refractivity contribution in [3.8, 4) is 0 Å². The van der Waals surface area contributed by atoms with Gasteiger partial charge in [0.1, 0.15) is 22.7 Å². The molecule has 4 aliphatic rings. The number of hydrogen-bond donors (Lipinski definition) is 1. The highest BCUT2D eigenvalue weighted by Crippen LogP contribution is 2.38. The van der Waals surface area contributed by atoms with Gasteiger partial charge in [-0.15, -0.1) is 0 Å². The van der Waals surface area contributed by atoms with Crippen LogP contribution in [0.25, 0.3) is 0 Å². The SMILES string of the molecule is CC(C)(C)OC(=O)NC1C(=O)N2C(C(=O)OC(c3ccccc3)c3ccccc3)=C(/C=C3\CCN(CC4CCCO4)C3=O)CS(=O)C12. The molecule has 4 aliphatic heterocycles. The van der Waals surface area contributed by atoms with Crippen LogP contribution in [0.2, 0.25) is 0 Å². The lowest BCUT2D eigenvalue weighted by atomic mass is 10.00. The van der Waals surface area contributed by atoms with Crippen molar-refractivity contribution in [3.05, 3.63) is 94.7 Å². The summed E-state index contributed by atoms with van der Waals surface area (Å²) in [5.41, 5.74) is 1.27. The van der Waals surface area contributed by atoms with Crippen molar-refractivity contribution in [2.75, 3.05) is 25.4 Å². The van der Waals surface area contributed by atoms with E-state index in [4.69, 9.17) is 14.2 Å². The second-order valence-electron chi connectivity index (χ2n) is 13.0. The smallest absolute Gasteiger partial charge is 0.408 e. The van der Waals surface area contributed by atoms with E-state index in [1.807, 2.05) is 60.7 Å². The lowest BCUT2D eigenvalue weighted by molar-refractivity contribution is -0.153. The molecule has 4 heterocycles. The zero-order chi connectivity index (χ0) is 33.3. The van der Waals surface area contributed by atoms with Gasteiger partial charge in [0.25, 0.3) is 5.91 Å². The minimum Gasteiger partial charge on any atom is -0.448 e. The molecule has 0 aromatic heterocycles. The third-order valence-electron chi connectivity index (χ3n) is 8.46. The van der Waals surface area contributed by atoms with Gasteiger partial charge in [0, 0.05) is 25.3 Å². The summed E-state index contributed by atoms with van der Waals surface area (Å²) in [5, 5.41) is 1.52. The summed E-state index contributed by atoms with van der Waals surface area (Å²) in [5.74, 6) is -1.72. The van der Waals surface area contributed by atoms with Crippen LogP contribution in [0.15, 0.2) is 83.6 Å². The number of benzene rings is 2. The number of esters is 1. The molecule has 47 heavy (non-hydrogen) atoms. The molecule has 6 rings (SSSR count). The number of nitrogens with one attached hydrogen (secondary N) is 1. The standard InChI is InChI=1S/C35H39N3O8S/c1-35(2,3)46-34(42)36-27-31(40)38-28(33(41)45-29(22-11-6-4-7-12-22)23-13-8-5-9-14-23)25(21-47(43)32(27)38)19-24-16-17-37(30(24)39)20-26-15-10-18-44-26/h4-9,11-14,19,26-27,29,32H,10,15-18,20-21H2,1-3H3,(H,36,42)/b24-19+. The Kier molecular flexibility index (Phi) is 9.34. The molecule has 0 aliphatic carbocycles. The first kappa shape index (κ1) is 32.6. The maximum Gasteiger partial charge on any atom is 0.408 e. The van der Waals surface area contributed by atoms with Crippen molar-refractivity contribution < 1.29 is 37.6 Å². The number of likely N-dealkylation sites (tertiary alicyclic amines) is 1. The number of β-lactam (4-membered cyclic amide) rings is 1. The molecule has 0 spiro atoms. The highest BCUT2D eigenvalue weighted by Gasteiger charge is 2.58. The summed E-state index contributed by atoms with van der Waals surface area (Å²) >= 11 is 0. The largest absolute Gasteiger partial charge is 0.448 e. The van der Waals surface area contributed by atoms with Crippen LogP contribution in [-0.4, -0.2) is 86.5 Å². The van der Waals surface area contributed by atoms with Crippen LogP contribution < -0.4 is 5.32 Å². The van der Waals surface area contributed by atoms with Gasteiger partial charge >= 0.3 is 12.1 Å². The molecule has 1 N–H and O–H groups in total. The minimum absolute atomic E-state index is 0.00739. The number of hydrogen-bond acceptors (Lipinski definition) is 8. The van der Waals surface area contributed by atoms with Gasteiger partial charge in [-0.05, 0) is 62.8 Å². The summed E-state index contributed by atoms with van der Waals surface area (Å²) in [6.07, 6.45) is 2.23. The van der Waals surface area contributed by atoms with E-state index >= 15 is 0 Å². The second-order valence-corrected chi connectivity index (χ2v) is 14.6. The predicted molar refractivity (Wildman–Crippen MR) is 173 cm³/mol. The predicted octanol–water partition coefficient (Wildman–Crippen LogP) is 3.73. The first-order chi connectivity index (χ1) is 22.5. The molecule has 0 radical (unpaired) electrons. The van der Waals surface area contributed by atoms with E-state index in [2.05, 4.69) is 5.32 Å².